The van der Waals surface area contributed by atoms with Crippen LogP contribution in [0.4, 0.5) is 5.95 Å². The van der Waals surface area contributed by atoms with Crippen LogP contribution in [0.5, 0.6) is 0 Å². The zero-order valence-corrected chi connectivity index (χ0v) is 13.4. The van der Waals surface area contributed by atoms with E-state index in [1.807, 2.05) is 0 Å². The van der Waals surface area contributed by atoms with Crippen LogP contribution in [-0.4, -0.2) is 76.6 Å². The van der Waals surface area contributed by atoms with Crippen molar-refractivity contribution in [1.29, 1.82) is 0 Å². The molecule has 1 aliphatic heterocycles. The Hall–Kier alpha value is -2.19. The average Bonchev–Trinajstić information content (AvgIpc) is 3.04. The van der Waals surface area contributed by atoms with Gasteiger partial charge in [0.15, 0.2) is 22.5 Å². The van der Waals surface area contributed by atoms with Gasteiger partial charge < -0.3 is 30.9 Å². The van der Waals surface area contributed by atoms with Gasteiger partial charge in [-0.15, -0.1) is 0 Å². The molecule has 13 heteroatoms. The van der Waals surface area contributed by atoms with Crippen LogP contribution in [0, 0.1) is 0 Å². The summed E-state index contributed by atoms with van der Waals surface area (Å²) in [7, 11) is 0. The molecule has 1 fully saturated rings. The molecule has 0 saturated carbocycles. The Kier molecular flexibility index (Phi) is 4.66. The molecule has 3 heterocycles. The molecule has 3 rings (SSSR count). The van der Waals surface area contributed by atoms with Crippen LogP contribution in [0.1, 0.15) is 6.23 Å². The molecule has 0 unspecified atom stereocenters. The molecule has 0 bridgehead atoms. The number of aliphatic hydroxyl groups is 3. The molecule has 4 atom stereocenters. The number of imidazole rings is 1. The lowest BCUT2D eigenvalue weighted by Gasteiger charge is -2.18. The summed E-state index contributed by atoms with van der Waals surface area (Å²) in [5, 5.41) is 38.3. The molecule has 0 spiro atoms. The molecule has 2 aromatic rings. The number of thioether (sulfide) groups is 1. The van der Waals surface area contributed by atoms with Crippen LogP contribution >= 0.6 is 11.8 Å². The number of hydrogen-bond acceptors (Lipinski definition) is 10. The lowest BCUT2D eigenvalue weighted by Crippen LogP contribution is -2.33. The van der Waals surface area contributed by atoms with E-state index in [-0.39, 0.29) is 28.0 Å². The van der Waals surface area contributed by atoms with Crippen LogP contribution in [0.15, 0.2) is 9.95 Å². The summed E-state index contributed by atoms with van der Waals surface area (Å²) in [5.41, 5.74) is 4.73. The molecular weight excluding hydrogens is 358 g/mol. The van der Waals surface area contributed by atoms with Crippen molar-refractivity contribution in [3.8, 4) is 0 Å². The first-order chi connectivity index (χ1) is 11.8. The smallest absolute Gasteiger partial charge is 0.313 e. The molecule has 136 valence electrons. The molecule has 25 heavy (non-hydrogen) atoms. The number of aliphatic hydroxyl groups excluding tert-OH is 3. The summed E-state index contributed by atoms with van der Waals surface area (Å²) >= 11 is 0.778. The second-order valence-electron chi connectivity index (χ2n) is 5.30. The molecule has 2 aromatic heterocycles. The summed E-state index contributed by atoms with van der Waals surface area (Å²) in [5.74, 6) is -1.70. The summed E-state index contributed by atoms with van der Waals surface area (Å²) in [6.07, 6.45) is -5.14. The van der Waals surface area contributed by atoms with Gasteiger partial charge in [-0.05, 0) is 0 Å². The third kappa shape index (κ3) is 3.07. The number of nitrogens with one attached hydrogen (secondary N) is 1. The van der Waals surface area contributed by atoms with Crippen molar-refractivity contribution in [2.24, 2.45) is 0 Å². The van der Waals surface area contributed by atoms with Gasteiger partial charge in [0.05, 0.1) is 12.4 Å². The second kappa shape index (κ2) is 6.61. The molecule has 0 radical (unpaired) electrons. The summed E-state index contributed by atoms with van der Waals surface area (Å²) in [4.78, 5) is 33.1. The quantitative estimate of drug-likeness (QED) is 0.303. The van der Waals surface area contributed by atoms with E-state index in [4.69, 9.17) is 15.6 Å². The highest BCUT2D eigenvalue weighted by Gasteiger charge is 2.45. The highest BCUT2D eigenvalue weighted by atomic mass is 32.2. The fourth-order valence-corrected chi connectivity index (χ4v) is 3.27. The Morgan fingerprint density at radius 2 is 2.08 bits per heavy atom. The SMILES string of the molecule is Nc1nc2c(nc(SCC(=O)O)n2[C@H]2O[C@@H](CO)[C@H](O)[C@@H]2O)c(=O)[nH]1. The molecule has 7 N–H and O–H groups in total. The number of fused-ring (bicyclic) bond motifs is 1. The Morgan fingerprint density at radius 3 is 2.68 bits per heavy atom. The first-order valence-corrected chi connectivity index (χ1v) is 8.06. The second-order valence-corrected chi connectivity index (χ2v) is 6.24. The Morgan fingerprint density at radius 1 is 1.36 bits per heavy atom. The number of anilines is 1. The van der Waals surface area contributed by atoms with Crippen molar-refractivity contribution >= 4 is 34.8 Å². The van der Waals surface area contributed by atoms with Crippen molar-refractivity contribution < 1.29 is 30.0 Å². The summed E-state index contributed by atoms with van der Waals surface area (Å²) in [6, 6.07) is 0. The molecule has 1 aliphatic rings. The predicted molar refractivity (Wildman–Crippen MR) is 83.9 cm³/mol. The van der Waals surface area contributed by atoms with Crippen LogP contribution in [0.2, 0.25) is 0 Å². The van der Waals surface area contributed by atoms with E-state index in [1.165, 1.54) is 4.57 Å². The monoisotopic (exact) mass is 373 g/mol. The number of nitrogen functional groups attached to an aromatic ring is 1. The van der Waals surface area contributed by atoms with Gasteiger partial charge in [-0.2, -0.15) is 4.98 Å². The van der Waals surface area contributed by atoms with Gasteiger partial charge in [-0.3, -0.25) is 19.1 Å². The number of aliphatic carboxylic acids is 1. The van der Waals surface area contributed by atoms with Crippen LogP contribution in [0.3, 0.4) is 0 Å². The standard InChI is InChI=1S/C12H15N5O7S/c13-11-15-8-5(9(23)16-11)14-12(25-2-4(19)20)17(8)10-7(22)6(21)3(1-18)24-10/h3,6-7,10,18,21-22H,1-2H2,(H,19,20)(H3,13,15,16,23)/t3-,6-,7-,10-/m0/s1. The predicted octanol–water partition coefficient (Wildman–Crippen LogP) is -2.51. The van der Waals surface area contributed by atoms with E-state index in [1.54, 1.807) is 0 Å². The molecule has 1 saturated heterocycles. The lowest BCUT2D eigenvalue weighted by atomic mass is 10.1. The van der Waals surface area contributed by atoms with Crippen molar-refractivity contribution in [2.75, 3.05) is 18.1 Å². The third-order valence-electron chi connectivity index (χ3n) is 3.63. The van der Waals surface area contributed by atoms with E-state index < -0.39 is 42.7 Å². The van der Waals surface area contributed by atoms with E-state index in [2.05, 4.69) is 15.0 Å². The largest absolute Gasteiger partial charge is 0.481 e. The molecule has 0 amide bonds. The lowest BCUT2D eigenvalue weighted by molar-refractivity contribution is -0.133. The Bertz CT molecular complexity index is 867. The van der Waals surface area contributed by atoms with Gasteiger partial charge in [-0.25, -0.2) is 4.98 Å². The normalized spacial score (nSPS) is 26.4. The van der Waals surface area contributed by atoms with Gasteiger partial charge >= 0.3 is 5.97 Å². The van der Waals surface area contributed by atoms with E-state index in [0.717, 1.165) is 11.8 Å². The number of rotatable bonds is 5. The summed E-state index contributed by atoms with van der Waals surface area (Å²) in [6.45, 7) is -0.547. The highest BCUT2D eigenvalue weighted by molar-refractivity contribution is 7.99. The number of aromatic amines is 1. The van der Waals surface area contributed by atoms with Gasteiger partial charge in [0.1, 0.15) is 18.3 Å². The minimum absolute atomic E-state index is 0.0378. The minimum atomic E-state index is -1.46. The Balaban J connectivity index is 2.15. The molecule has 0 aromatic carbocycles. The van der Waals surface area contributed by atoms with Gasteiger partial charge in [0.25, 0.3) is 5.56 Å². The third-order valence-corrected chi connectivity index (χ3v) is 4.57. The zero-order chi connectivity index (χ0) is 18.3. The fraction of sp³-hybridized carbons (Fsp3) is 0.500. The van der Waals surface area contributed by atoms with Crippen molar-refractivity contribution in [1.82, 2.24) is 19.5 Å². The number of H-pyrrole nitrogens is 1. The minimum Gasteiger partial charge on any atom is -0.481 e. The number of aromatic nitrogens is 4. The van der Waals surface area contributed by atoms with Crippen molar-refractivity contribution in [2.45, 2.75) is 29.7 Å². The number of nitrogens with two attached hydrogens (primary N) is 1. The number of carbonyl (C=O) groups is 1. The number of carboxylic acids is 1. The van der Waals surface area contributed by atoms with E-state index >= 15 is 0 Å². The first kappa shape index (κ1) is 17.6. The maximum atomic E-state index is 12.0. The maximum absolute atomic E-state index is 12.0. The number of nitrogens with zero attached hydrogens (tertiary/aromatic N) is 3. The Labute approximate surface area is 143 Å². The maximum Gasteiger partial charge on any atom is 0.313 e. The van der Waals surface area contributed by atoms with Crippen LogP contribution < -0.4 is 11.3 Å². The molecule has 12 nitrogen and oxygen atoms in total. The molecule has 0 aliphatic carbocycles. The topological polar surface area (TPSA) is 197 Å². The summed E-state index contributed by atoms with van der Waals surface area (Å²) < 4.78 is 6.63. The number of ether oxygens (including phenoxy) is 1. The first-order valence-electron chi connectivity index (χ1n) is 7.08. The van der Waals surface area contributed by atoms with Crippen LogP contribution in [-0.2, 0) is 9.53 Å². The highest BCUT2D eigenvalue weighted by Crippen LogP contribution is 2.35. The van der Waals surface area contributed by atoms with Crippen molar-refractivity contribution in [3.63, 3.8) is 0 Å². The van der Waals surface area contributed by atoms with Crippen molar-refractivity contribution in [3.05, 3.63) is 10.4 Å². The zero-order valence-electron chi connectivity index (χ0n) is 12.6. The molecular formula is C12H15N5O7S. The number of hydrogen-bond donors (Lipinski definition) is 6. The average molecular weight is 373 g/mol. The van der Waals surface area contributed by atoms with E-state index in [0.29, 0.717) is 0 Å². The number of carboxylic acid groups (broad SMARTS) is 1. The van der Waals surface area contributed by atoms with E-state index in [9.17, 15) is 24.9 Å². The van der Waals surface area contributed by atoms with Gasteiger partial charge in [0, 0.05) is 0 Å². The van der Waals surface area contributed by atoms with Gasteiger partial charge in [0.2, 0.25) is 5.95 Å². The van der Waals surface area contributed by atoms with Crippen LogP contribution in [0.25, 0.3) is 11.2 Å². The fourth-order valence-electron chi connectivity index (χ4n) is 2.53. The van der Waals surface area contributed by atoms with Gasteiger partial charge in [-0.1, -0.05) is 11.8 Å².